The number of urea groups is 1. The number of amides is 2. The number of carbonyl (C=O) groups is 2. The third-order valence-electron chi connectivity index (χ3n) is 9.40. The van der Waals surface area contributed by atoms with E-state index in [-0.39, 0.29) is 27.6 Å². The van der Waals surface area contributed by atoms with E-state index in [9.17, 15) is 22.4 Å². The molecule has 0 unspecified atom stereocenters. The lowest BCUT2D eigenvalue weighted by Crippen LogP contribution is -2.53. The Hall–Kier alpha value is -4.83. The SMILES string of the molecule is COC(=O)C1=C(CN2CCN3C(=O)N(c4ccc(Oc5ccc(S(=O)(=O)C(C)C)cc5)cc4)C[C@@H]3C2)NC(c2nccs2)=N[C@H]1c1ccc(F)cc1Cl. The summed E-state index contributed by atoms with van der Waals surface area (Å²) in [6, 6.07) is 16.4. The number of methoxy groups -OCH3 is 1. The zero-order valence-corrected chi connectivity index (χ0v) is 31.4. The minimum Gasteiger partial charge on any atom is -0.466 e. The van der Waals surface area contributed by atoms with Gasteiger partial charge in [-0.05, 0) is 74.5 Å². The van der Waals surface area contributed by atoms with E-state index in [0.29, 0.717) is 66.3 Å². The number of hydrogen-bond acceptors (Lipinski definition) is 11. The summed E-state index contributed by atoms with van der Waals surface area (Å²) in [4.78, 5) is 42.2. The van der Waals surface area contributed by atoms with Crippen molar-refractivity contribution in [3.05, 3.63) is 111 Å². The summed E-state index contributed by atoms with van der Waals surface area (Å²) in [5, 5.41) is 5.37. The van der Waals surface area contributed by atoms with Crippen molar-refractivity contribution >= 4 is 56.3 Å². The van der Waals surface area contributed by atoms with Crippen LogP contribution >= 0.6 is 22.9 Å². The van der Waals surface area contributed by atoms with E-state index >= 15 is 0 Å². The predicted octanol–water partition coefficient (Wildman–Crippen LogP) is 6.05. The van der Waals surface area contributed by atoms with E-state index in [2.05, 4.69) is 15.2 Å². The molecule has 3 aliphatic heterocycles. The zero-order chi connectivity index (χ0) is 37.4. The molecule has 2 atom stereocenters. The minimum absolute atomic E-state index is 0.0975. The quantitative estimate of drug-likeness (QED) is 0.191. The van der Waals surface area contributed by atoms with Gasteiger partial charge in [-0.25, -0.2) is 27.4 Å². The standard InChI is InChI=1S/C37H36ClFN6O6S2/c1-22(2)53(48,49)28-11-9-27(10-12-28)51-26-7-5-24(6-8-26)45-20-25-19-43(15-16-44(25)37(45)47)21-31-32(36(46)50-3)33(29-13-4-23(39)18-30(29)38)42-34(41-31)35-40-14-17-52-35/h4-14,17-18,22,25,33H,15-16,19-21H2,1-3H3,(H,41,42)/t25-,33-/m0/s1. The molecule has 0 radical (unpaired) electrons. The zero-order valence-electron chi connectivity index (χ0n) is 29.0. The number of amidine groups is 1. The van der Waals surface area contributed by atoms with Gasteiger partial charge < -0.3 is 19.7 Å². The number of esters is 1. The molecule has 4 heterocycles. The third-order valence-corrected chi connectivity index (χ3v) is 12.7. The van der Waals surface area contributed by atoms with Crippen molar-refractivity contribution in [2.75, 3.05) is 44.7 Å². The van der Waals surface area contributed by atoms with E-state index < -0.39 is 32.9 Å². The summed E-state index contributed by atoms with van der Waals surface area (Å²) >= 11 is 7.89. The molecule has 2 amide bonds. The molecule has 53 heavy (non-hydrogen) atoms. The van der Waals surface area contributed by atoms with Gasteiger partial charge >= 0.3 is 12.0 Å². The lowest BCUT2D eigenvalue weighted by Gasteiger charge is -2.38. The molecule has 3 aliphatic rings. The number of ether oxygens (including phenoxy) is 2. The van der Waals surface area contributed by atoms with Crippen molar-refractivity contribution in [3.8, 4) is 11.5 Å². The maximum atomic E-state index is 14.0. The number of benzene rings is 3. The molecule has 12 nitrogen and oxygen atoms in total. The highest BCUT2D eigenvalue weighted by Gasteiger charge is 2.42. The molecule has 4 aromatic rings. The maximum Gasteiger partial charge on any atom is 0.338 e. The molecular formula is C37H36ClFN6O6S2. The molecule has 1 N–H and O–H groups in total. The number of thiazole rings is 1. The number of sulfone groups is 1. The van der Waals surface area contributed by atoms with Crippen LogP contribution in [0.15, 0.2) is 99.5 Å². The summed E-state index contributed by atoms with van der Waals surface area (Å²) in [7, 11) is -2.09. The van der Waals surface area contributed by atoms with Gasteiger partial charge in [0, 0.05) is 66.3 Å². The molecule has 16 heteroatoms. The second-order valence-corrected chi connectivity index (χ2v) is 16.8. The van der Waals surface area contributed by atoms with Crippen LogP contribution in [0.1, 0.15) is 30.5 Å². The Bertz CT molecular complexity index is 2200. The van der Waals surface area contributed by atoms with Gasteiger partial charge in [0.05, 0.1) is 28.9 Å². The van der Waals surface area contributed by atoms with Gasteiger partial charge in [0.15, 0.2) is 20.7 Å². The Balaban J connectivity index is 1.07. The lowest BCUT2D eigenvalue weighted by molar-refractivity contribution is -0.136. The Morgan fingerprint density at radius 3 is 2.42 bits per heavy atom. The summed E-state index contributed by atoms with van der Waals surface area (Å²) in [6.45, 7) is 5.62. The smallest absolute Gasteiger partial charge is 0.338 e. The predicted molar refractivity (Wildman–Crippen MR) is 200 cm³/mol. The average Bonchev–Trinajstić information content (AvgIpc) is 3.80. The highest BCUT2D eigenvalue weighted by molar-refractivity contribution is 7.92. The van der Waals surface area contributed by atoms with Crippen LogP contribution in [0.5, 0.6) is 11.5 Å². The Kier molecular flexibility index (Phi) is 10.3. The Labute approximate surface area is 315 Å². The molecule has 3 aromatic carbocycles. The lowest BCUT2D eigenvalue weighted by atomic mass is 9.95. The van der Waals surface area contributed by atoms with Gasteiger partial charge in [0.1, 0.15) is 23.4 Å². The first-order valence-electron chi connectivity index (χ1n) is 16.9. The number of carbonyl (C=O) groups excluding carboxylic acids is 2. The van der Waals surface area contributed by atoms with Gasteiger partial charge in [-0.15, -0.1) is 11.3 Å². The number of halogens is 2. The monoisotopic (exact) mass is 778 g/mol. The van der Waals surface area contributed by atoms with Crippen molar-refractivity contribution in [3.63, 3.8) is 0 Å². The summed E-state index contributed by atoms with van der Waals surface area (Å²) < 4.78 is 50.1. The van der Waals surface area contributed by atoms with Gasteiger partial charge in [0.25, 0.3) is 0 Å². The number of aromatic nitrogens is 1. The average molecular weight is 779 g/mol. The van der Waals surface area contributed by atoms with E-state index in [0.717, 1.165) is 5.69 Å². The molecule has 7 rings (SSSR count). The molecule has 276 valence electrons. The number of hydrogen-bond donors (Lipinski definition) is 1. The second kappa shape index (κ2) is 14.9. The van der Waals surface area contributed by atoms with E-state index in [1.807, 2.05) is 22.4 Å². The highest BCUT2D eigenvalue weighted by atomic mass is 35.5. The number of anilines is 1. The van der Waals surface area contributed by atoms with E-state index in [1.54, 1.807) is 49.2 Å². The van der Waals surface area contributed by atoms with Crippen LogP contribution in [0.3, 0.4) is 0 Å². The molecular weight excluding hydrogens is 743 g/mol. The Morgan fingerprint density at radius 2 is 1.77 bits per heavy atom. The number of nitrogens with zero attached hydrogens (tertiary/aromatic N) is 5. The van der Waals surface area contributed by atoms with Crippen molar-refractivity contribution in [2.45, 2.75) is 36.1 Å². The molecule has 0 spiro atoms. The van der Waals surface area contributed by atoms with Crippen LogP contribution < -0.4 is 15.0 Å². The third kappa shape index (κ3) is 7.38. The van der Waals surface area contributed by atoms with Crippen LogP contribution in [0.25, 0.3) is 0 Å². The largest absolute Gasteiger partial charge is 0.466 e. The fourth-order valence-electron chi connectivity index (χ4n) is 6.62. The van der Waals surface area contributed by atoms with E-state index in [1.165, 1.54) is 48.8 Å². The second-order valence-electron chi connectivity index (χ2n) is 13.0. The van der Waals surface area contributed by atoms with Crippen LogP contribution in [0, 0.1) is 5.82 Å². The summed E-state index contributed by atoms with van der Waals surface area (Å²) in [6.07, 6.45) is 1.66. The topological polar surface area (TPSA) is 134 Å². The Morgan fingerprint density at radius 1 is 1.06 bits per heavy atom. The highest BCUT2D eigenvalue weighted by Crippen LogP contribution is 2.37. The van der Waals surface area contributed by atoms with Gasteiger partial charge in [-0.1, -0.05) is 17.7 Å². The van der Waals surface area contributed by atoms with Gasteiger partial charge in [-0.2, -0.15) is 0 Å². The van der Waals surface area contributed by atoms with Crippen molar-refractivity contribution in [2.24, 2.45) is 4.99 Å². The van der Waals surface area contributed by atoms with Crippen LogP contribution in [-0.2, 0) is 19.4 Å². The summed E-state index contributed by atoms with van der Waals surface area (Å²) in [5.41, 5.74) is 1.99. The molecule has 0 bridgehead atoms. The van der Waals surface area contributed by atoms with E-state index in [4.69, 9.17) is 26.1 Å². The maximum absolute atomic E-state index is 14.0. The number of nitrogens with one attached hydrogen (secondary N) is 1. The first kappa shape index (κ1) is 36.5. The van der Waals surface area contributed by atoms with Crippen LogP contribution in [0.2, 0.25) is 5.02 Å². The number of rotatable bonds is 10. The molecule has 0 aliphatic carbocycles. The fraction of sp³-hybridized carbons (Fsp3) is 0.297. The number of piperazine rings is 1. The normalized spacial score (nSPS) is 19.3. The van der Waals surface area contributed by atoms with Crippen LogP contribution in [-0.4, -0.2) is 92.2 Å². The number of fused-ring (bicyclic) bond motifs is 1. The van der Waals surface area contributed by atoms with Gasteiger partial charge in [-0.3, -0.25) is 14.8 Å². The number of aliphatic imine (C=N–C) groups is 1. The fourth-order valence-corrected chi connectivity index (χ4v) is 8.54. The van der Waals surface area contributed by atoms with Gasteiger partial charge in [0.2, 0.25) is 0 Å². The first-order chi connectivity index (χ1) is 25.4. The van der Waals surface area contributed by atoms with Crippen LogP contribution in [0.4, 0.5) is 14.9 Å². The van der Waals surface area contributed by atoms with Crippen molar-refractivity contribution in [1.82, 2.24) is 20.1 Å². The molecule has 1 aromatic heterocycles. The molecule has 2 saturated heterocycles. The van der Waals surface area contributed by atoms with Crippen molar-refractivity contribution in [1.29, 1.82) is 0 Å². The minimum atomic E-state index is -3.39. The van der Waals surface area contributed by atoms with Crippen molar-refractivity contribution < 1.29 is 31.9 Å². The first-order valence-corrected chi connectivity index (χ1v) is 19.7. The molecule has 2 fully saturated rings. The summed E-state index contributed by atoms with van der Waals surface area (Å²) in [5.74, 6) is 0.387. The molecule has 0 saturated carbocycles.